The first-order valence-corrected chi connectivity index (χ1v) is 2.02. The average Bonchev–Trinajstić information content (AvgIpc) is 1.61. The monoisotopic (exact) mass is 226 g/mol. The molecule has 0 amide bonds. The maximum Gasteiger partial charge on any atom is 2.00 e. The standard InChI is InChI=1S/C4H6O4.Fe.3H2O/c5-3(6)1-2-4(7)8;;;;/h1-2H2,(H,5,6)(H,7,8);;3*1H2/q;+2;;;/p-2. The summed E-state index contributed by atoms with van der Waals surface area (Å²) in [4.78, 5) is 19.0. The summed E-state index contributed by atoms with van der Waals surface area (Å²) in [5, 5.41) is 19.0. The van der Waals surface area contributed by atoms with Gasteiger partial charge in [-0.1, -0.05) is 0 Å². The van der Waals surface area contributed by atoms with Crippen molar-refractivity contribution in [3.8, 4) is 0 Å². The van der Waals surface area contributed by atoms with Crippen LogP contribution in [0.15, 0.2) is 0 Å². The van der Waals surface area contributed by atoms with E-state index in [1.54, 1.807) is 0 Å². The molecule has 0 aliphatic carbocycles. The molecule has 0 saturated heterocycles. The summed E-state index contributed by atoms with van der Waals surface area (Å²) >= 11 is 0. The molecule has 0 aliphatic rings. The second-order valence-electron chi connectivity index (χ2n) is 1.24. The Labute approximate surface area is 78.8 Å². The second-order valence-corrected chi connectivity index (χ2v) is 1.24. The van der Waals surface area contributed by atoms with Gasteiger partial charge in [-0.05, 0) is 12.8 Å². The van der Waals surface area contributed by atoms with Crippen molar-refractivity contribution in [1.82, 2.24) is 0 Å². The molecule has 0 heterocycles. The summed E-state index contributed by atoms with van der Waals surface area (Å²) in [5.74, 6) is -2.73. The minimum atomic E-state index is -1.37. The second kappa shape index (κ2) is 16.7. The summed E-state index contributed by atoms with van der Waals surface area (Å²) < 4.78 is 0. The van der Waals surface area contributed by atoms with Crippen molar-refractivity contribution >= 4 is 11.9 Å². The fourth-order valence-electron chi connectivity index (χ4n) is 0.204. The Bertz CT molecular complexity index is 100.0. The van der Waals surface area contributed by atoms with E-state index in [-0.39, 0.29) is 33.5 Å². The van der Waals surface area contributed by atoms with Crippen LogP contribution < -0.4 is 10.2 Å². The number of rotatable bonds is 3. The minimum absolute atomic E-state index is 0. The summed E-state index contributed by atoms with van der Waals surface area (Å²) in [6, 6.07) is 0. The van der Waals surface area contributed by atoms with Gasteiger partial charge in [0, 0.05) is 11.9 Å². The molecule has 0 fully saturated rings. The first kappa shape index (κ1) is 30.2. The van der Waals surface area contributed by atoms with Crippen LogP contribution >= 0.6 is 0 Å². The van der Waals surface area contributed by atoms with E-state index in [9.17, 15) is 19.8 Å². The van der Waals surface area contributed by atoms with Crippen LogP contribution in [0.5, 0.6) is 0 Å². The van der Waals surface area contributed by atoms with Crippen molar-refractivity contribution in [2.45, 2.75) is 12.8 Å². The van der Waals surface area contributed by atoms with Crippen molar-refractivity contribution in [2.75, 3.05) is 0 Å². The van der Waals surface area contributed by atoms with Gasteiger partial charge in [-0.2, -0.15) is 0 Å². The Morgan fingerprint density at radius 1 is 0.833 bits per heavy atom. The van der Waals surface area contributed by atoms with Crippen LogP contribution in [0.1, 0.15) is 12.8 Å². The van der Waals surface area contributed by atoms with Gasteiger partial charge in [0.2, 0.25) is 0 Å². The Kier molecular flexibility index (Phi) is 42.1. The van der Waals surface area contributed by atoms with E-state index in [4.69, 9.17) is 0 Å². The third kappa shape index (κ3) is 34.5. The average molecular weight is 226 g/mol. The van der Waals surface area contributed by atoms with Gasteiger partial charge in [0.1, 0.15) is 0 Å². The molecule has 12 heavy (non-hydrogen) atoms. The predicted molar refractivity (Wildman–Crippen MR) is 30.1 cm³/mol. The molecule has 0 bridgehead atoms. The normalized spacial score (nSPS) is 5.67. The molecule has 6 N–H and O–H groups in total. The molecular formula is C4H10FeO7. The van der Waals surface area contributed by atoms with Crippen molar-refractivity contribution in [3.05, 3.63) is 0 Å². The van der Waals surface area contributed by atoms with E-state index in [1.165, 1.54) is 0 Å². The molecule has 0 atom stereocenters. The number of carboxylic acids is 2. The van der Waals surface area contributed by atoms with Gasteiger partial charge in [0.05, 0.1) is 0 Å². The first-order valence-electron chi connectivity index (χ1n) is 2.02. The quantitative estimate of drug-likeness (QED) is 0.437. The molecule has 0 saturated carbocycles. The third-order valence-electron chi connectivity index (χ3n) is 0.533. The topological polar surface area (TPSA) is 175 Å². The van der Waals surface area contributed by atoms with Crippen LogP contribution in [-0.4, -0.2) is 28.4 Å². The van der Waals surface area contributed by atoms with Gasteiger partial charge in [-0.15, -0.1) is 0 Å². The SMILES string of the molecule is O.O.O.O=C([O-])CCC(=O)[O-].[Fe+2]. The molecule has 0 aliphatic heterocycles. The molecule has 0 spiro atoms. The summed E-state index contributed by atoms with van der Waals surface area (Å²) in [7, 11) is 0. The number of carboxylic acid groups (broad SMARTS) is 2. The van der Waals surface area contributed by atoms with Crippen LogP contribution in [-0.2, 0) is 26.7 Å². The van der Waals surface area contributed by atoms with Gasteiger partial charge in [0.15, 0.2) is 0 Å². The number of hydrogen-bond acceptors (Lipinski definition) is 4. The van der Waals surface area contributed by atoms with Crippen LogP contribution in [0, 0.1) is 0 Å². The van der Waals surface area contributed by atoms with Crippen LogP contribution in [0.4, 0.5) is 0 Å². The van der Waals surface area contributed by atoms with Crippen molar-refractivity contribution in [3.63, 3.8) is 0 Å². The van der Waals surface area contributed by atoms with Gasteiger partial charge in [-0.3, -0.25) is 0 Å². The molecule has 0 aromatic rings. The molecule has 7 nitrogen and oxygen atoms in total. The van der Waals surface area contributed by atoms with E-state index in [2.05, 4.69) is 0 Å². The van der Waals surface area contributed by atoms with Gasteiger partial charge >= 0.3 is 17.1 Å². The van der Waals surface area contributed by atoms with Crippen molar-refractivity contribution in [1.29, 1.82) is 0 Å². The number of carbonyl (C=O) groups is 2. The van der Waals surface area contributed by atoms with Gasteiger partial charge in [-0.25, -0.2) is 0 Å². The predicted octanol–water partition coefficient (Wildman–Crippen LogP) is -5.21. The maximum atomic E-state index is 9.50. The molecule has 0 radical (unpaired) electrons. The van der Waals surface area contributed by atoms with Crippen molar-refractivity contribution in [2.24, 2.45) is 0 Å². The Morgan fingerprint density at radius 2 is 1.00 bits per heavy atom. The smallest absolute Gasteiger partial charge is 0.550 e. The van der Waals surface area contributed by atoms with E-state index in [1.807, 2.05) is 0 Å². The van der Waals surface area contributed by atoms with Crippen LogP contribution in [0.2, 0.25) is 0 Å². The fourth-order valence-corrected chi connectivity index (χ4v) is 0.204. The fraction of sp³-hybridized carbons (Fsp3) is 0.500. The van der Waals surface area contributed by atoms with E-state index < -0.39 is 24.8 Å². The van der Waals surface area contributed by atoms with Crippen LogP contribution in [0.3, 0.4) is 0 Å². The number of carbonyl (C=O) groups excluding carboxylic acids is 2. The molecule has 76 valence electrons. The third-order valence-corrected chi connectivity index (χ3v) is 0.533. The first-order chi connectivity index (χ1) is 3.63. The zero-order valence-corrected chi connectivity index (χ0v) is 7.00. The van der Waals surface area contributed by atoms with Crippen molar-refractivity contribution < 1.29 is 53.3 Å². The maximum absolute atomic E-state index is 9.50. The summed E-state index contributed by atoms with van der Waals surface area (Å²) in [6.45, 7) is 0. The summed E-state index contributed by atoms with van der Waals surface area (Å²) in [5.41, 5.74) is 0. The largest absolute Gasteiger partial charge is 2.00 e. The van der Waals surface area contributed by atoms with E-state index >= 15 is 0 Å². The van der Waals surface area contributed by atoms with Gasteiger partial charge in [0.25, 0.3) is 0 Å². The number of hydrogen-bond donors (Lipinski definition) is 0. The molecule has 8 heteroatoms. The Morgan fingerprint density at radius 3 is 1.08 bits per heavy atom. The zero-order chi connectivity index (χ0) is 6.57. The zero-order valence-electron chi connectivity index (χ0n) is 5.90. The minimum Gasteiger partial charge on any atom is -0.550 e. The summed E-state index contributed by atoms with van der Waals surface area (Å²) in [6.07, 6.45) is -0.940. The molecule has 0 aromatic carbocycles. The van der Waals surface area contributed by atoms with Crippen LogP contribution in [0.25, 0.3) is 0 Å². The molecule has 0 aromatic heterocycles. The molecule has 0 unspecified atom stereocenters. The van der Waals surface area contributed by atoms with Gasteiger partial charge < -0.3 is 36.2 Å². The Hall–Kier alpha value is -0.661. The molecular weight excluding hydrogens is 216 g/mol. The number of aliphatic carboxylic acids is 2. The molecule has 0 rings (SSSR count). The Balaban J connectivity index is -0.0000000408. The van der Waals surface area contributed by atoms with E-state index in [0.29, 0.717) is 0 Å². The van der Waals surface area contributed by atoms with E-state index in [0.717, 1.165) is 0 Å².